The standard InChI is InChI=1S/C9H9NO3.C8H5NO3/c1-12-9(11)6-3-2-4-7-8(6)10-5-13-7;10-8(11)5-2-1-3-6-7(5)9-4-12-6/h2-4,10H,5H2,1H3;1-4H,(H,10,11). The van der Waals surface area contributed by atoms with Gasteiger partial charge in [0, 0.05) is 0 Å². The Balaban J connectivity index is 0.000000146. The Labute approximate surface area is 142 Å². The molecule has 0 fully saturated rings. The molecule has 0 radical (unpaired) electrons. The number of aromatic nitrogens is 1. The van der Waals surface area contributed by atoms with E-state index in [4.69, 9.17) is 14.3 Å². The average Bonchev–Trinajstić information content (AvgIpc) is 3.29. The molecule has 1 aliphatic rings. The average molecular weight is 342 g/mol. The number of carboxylic acid groups (broad SMARTS) is 1. The molecule has 3 aromatic rings. The molecule has 2 aromatic carbocycles. The fourth-order valence-electron chi connectivity index (χ4n) is 2.36. The van der Waals surface area contributed by atoms with Crippen LogP contribution in [0.25, 0.3) is 11.1 Å². The summed E-state index contributed by atoms with van der Waals surface area (Å²) in [5.41, 5.74) is 2.29. The Morgan fingerprint density at radius 2 is 1.96 bits per heavy atom. The van der Waals surface area contributed by atoms with Crippen LogP contribution in [-0.2, 0) is 4.74 Å². The van der Waals surface area contributed by atoms with E-state index in [9.17, 15) is 9.59 Å². The van der Waals surface area contributed by atoms with Crippen LogP contribution in [0.5, 0.6) is 5.75 Å². The quantitative estimate of drug-likeness (QED) is 0.684. The van der Waals surface area contributed by atoms with E-state index >= 15 is 0 Å². The number of rotatable bonds is 2. The smallest absolute Gasteiger partial charge is 0.340 e. The maximum Gasteiger partial charge on any atom is 0.340 e. The van der Waals surface area contributed by atoms with Crippen molar-refractivity contribution in [2.75, 3.05) is 19.2 Å². The third kappa shape index (κ3) is 3.23. The highest BCUT2D eigenvalue weighted by molar-refractivity contribution is 6.00. The lowest BCUT2D eigenvalue weighted by atomic mass is 10.1. The van der Waals surface area contributed by atoms with E-state index < -0.39 is 5.97 Å². The van der Waals surface area contributed by atoms with Crippen molar-refractivity contribution in [1.82, 2.24) is 4.98 Å². The second-order valence-corrected chi connectivity index (χ2v) is 4.95. The Morgan fingerprint density at radius 3 is 2.72 bits per heavy atom. The first kappa shape index (κ1) is 16.3. The second-order valence-electron chi connectivity index (χ2n) is 4.95. The zero-order valence-corrected chi connectivity index (χ0v) is 13.2. The summed E-state index contributed by atoms with van der Waals surface area (Å²) in [6.07, 6.45) is 1.23. The molecule has 1 aromatic heterocycles. The molecule has 8 heteroatoms. The van der Waals surface area contributed by atoms with E-state index in [0.29, 0.717) is 34.8 Å². The predicted molar refractivity (Wildman–Crippen MR) is 87.9 cm³/mol. The number of benzene rings is 2. The van der Waals surface area contributed by atoms with E-state index in [1.807, 2.05) is 6.07 Å². The maximum atomic E-state index is 11.3. The number of fused-ring (bicyclic) bond motifs is 2. The number of hydrogen-bond acceptors (Lipinski definition) is 7. The van der Waals surface area contributed by atoms with Gasteiger partial charge in [-0.25, -0.2) is 14.6 Å². The number of ether oxygens (including phenoxy) is 2. The third-order valence-corrected chi connectivity index (χ3v) is 3.50. The van der Waals surface area contributed by atoms with Crippen molar-refractivity contribution in [1.29, 1.82) is 0 Å². The van der Waals surface area contributed by atoms with Crippen LogP contribution in [-0.4, -0.2) is 35.9 Å². The SMILES string of the molecule is COC(=O)c1cccc2c1NCO2.O=C(O)c1cccc2ocnc12. The zero-order valence-electron chi connectivity index (χ0n) is 13.2. The zero-order chi connectivity index (χ0) is 17.8. The fourth-order valence-corrected chi connectivity index (χ4v) is 2.36. The molecule has 0 aliphatic carbocycles. The van der Waals surface area contributed by atoms with Crippen molar-refractivity contribution in [2.24, 2.45) is 0 Å². The van der Waals surface area contributed by atoms with Crippen LogP contribution in [0.15, 0.2) is 47.2 Å². The van der Waals surface area contributed by atoms with Gasteiger partial charge in [-0.05, 0) is 24.3 Å². The molecule has 0 spiro atoms. The third-order valence-electron chi connectivity index (χ3n) is 3.50. The number of methoxy groups -OCH3 is 1. The summed E-state index contributed by atoms with van der Waals surface area (Å²) in [6.45, 7) is 0.406. The Bertz CT molecular complexity index is 934. The number of anilines is 1. The van der Waals surface area contributed by atoms with E-state index in [1.54, 1.807) is 24.3 Å². The lowest BCUT2D eigenvalue weighted by molar-refractivity contribution is 0.0601. The fraction of sp³-hybridized carbons (Fsp3) is 0.118. The van der Waals surface area contributed by atoms with Crippen LogP contribution in [0.1, 0.15) is 20.7 Å². The number of carbonyl (C=O) groups is 2. The molecule has 128 valence electrons. The molecule has 0 atom stereocenters. The maximum absolute atomic E-state index is 11.3. The van der Waals surface area contributed by atoms with Gasteiger partial charge >= 0.3 is 11.9 Å². The largest absolute Gasteiger partial charge is 0.478 e. The van der Waals surface area contributed by atoms with Crippen LogP contribution < -0.4 is 10.1 Å². The number of nitrogens with one attached hydrogen (secondary N) is 1. The van der Waals surface area contributed by atoms with Crippen LogP contribution in [0.4, 0.5) is 5.69 Å². The topological polar surface area (TPSA) is 111 Å². The van der Waals surface area contributed by atoms with Gasteiger partial charge in [-0.2, -0.15) is 0 Å². The molecule has 4 rings (SSSR count). The van der Waals surface area contributed by atoms with Crippen LogP contribution in [0, 0.1) is 0 Å². The molecule has 25 heavy (non-hydrogen) atoms. The first-order valence-electron chi connectivity index (χ1n) is 7.25. The first-order valence-corrected chi connectivity index (χ1v) is 7.25. The van der Waals surface area contributed by atoms with Crippen molar-refractivity contribution in [3.8, 4) is 5.75 Å². The number of esters is 1. The molecular weight excluding hydrogens is 328 g/mol. The van der Waals surface area contributed by atoms with Gasteiger partial charge in [-0.1, -0.05) is 12.1 Å². The Morgan fingerprint density at radius 1 is 1.20 bits per heavy atom. The highest BCUT2D eigenvalue weighted by Gasteiger charge is 2.19. The van der Waals surface area contributed by atoms with Crippen molar-refractivity contribution in [3.05, 3.63) is 53.9 Å². The molecule has 0 bridgehead atoms. The highest BCUT2D eigenvalue weighted by Crippen LogP contribution is 2.32. The molecule has 1 aliphatic heterocycles. The summed E-state index contributed by atoms with van der Waals surface area (Å²) in [6, 6.07) is 10.1. The van der Waals surface area contributed by atoms with Crippen LogP contribution >= 0.6 is 0 Å². The molecule has 0 saturated heterocycles. The lowest BCUT2D eigenvalue weighted by Gasteiger charge is -2.03. The molecule has 0 unspecified atom stereocenters. The Kier molecular flexibility index (Phi) is 4.51. The van der Waals surface area contributed by atoms with E-state index in [2.05, 4.69) is 15.0 Å². The van der Waals surface area contributed by atoms with E-state index in [0.717, 1.165) is 0 Å². The van der Waals surface area contributed by atoms with Crippen molar-refractivity contribution in [2.45, 2.75) is 0 Å². The molecule has 0 amide bonds. The highest BCUT2D eigenvalue weighted by atomic mass is 16.5. The minimum absolute atomic E-state index is 0.168. The molecule has 2 N–H and O–H groups in total. The lowest BCUT2D eigenvalue weighted by Crippen LogP contribution is -2.04. The monoisotopic (exact) mass is 342 g/mol. The summed E-state index contributed by atoms with van der Waals surface area (Å²) >= 11 is 0. The summed E-state index contributed by atoms with van der Waals surface area (Å²) in [5.74, 6) is -0.646. The molecule has 8 nitrogen and oxygen atoms in total. The molecule has 2 heterocycles. The van der Waals surface area contributed by atoms with E-state index in [1.165, 1.54) is 19.6 Å². The summed E-state index contributed by atoms with van der Waals surface area (Å²) < 4.78 is 14.8. The van der Waals surface area contributed by atoms with Gasteiger partial charge in [0.1, 0.15) is 11.3 Å². The van der Waals surface area contributed by atoms with E-state index in [-0.39, 0.29) is 11.5 Å². The second kappa shape index (κ2) is 6.91. The van der Waals surface area contributed by atoms with Crippen LogP contribution in [0.2, 0.25) is 0 Å². The number of aromatic carboxylic acids is 1. The molecule has 0 saturated carbocycles. The van der Waals surface area contributed by atoms with Crippen molar-refractivity contribution >= 4 is 28.7 Å². The van der Waals surface area contributed by atoms with Crippen molar-refractivity contribution < 1.29 is 28.6 Å². The van der Waals surface area contributed by atoms with Gasteiger partial charge in [-0.3, -0.25) is 0 Å². The van der Waals surface area contributed by atoms with Gasteiger partial charge in [0.15, 0.2) is 18.7 Å². The van der Waals surface area contributed by atoms with Gasteiger partial charge < -0.3 is 24.3 Å². The minimum Gasteiger partial charge on any atom is -0.478 e. The number of hydrogen-bond donors (Lipinski definition) is 2. The van der Waals surface area contributed by atoms with Crippen molar-refractivity contribution in [3.63, 3.8) is 0 Å². The number of oxazole rings is 1. The summed E-state index contributed by atoms with van der Waals surface area (Å²) in [5, 5.41) is 11.7. The van der Waals surface area contributed by atoms with Gasteiger partial charge in [-0.15, -0.1) is 0 Å². The predicted octanol–water partition coefficient (Wildman–Crippen LogP) is 2.76. The molecular formula is C17H14N2O6. The Hall–Kier alpha value is -3.55. The summed E-state index contributed by atoms with van der Waals surface area (Å²) in [4.78, 5) is 25.7. The van der Waals surface area contributed by atoms with Gasteiger partial charge in [0.2, 0.25) is 0 Å². The normalized spacial score (nSPS) is 11.6. The van der Waals surface area contributed by atoms with Gasteiger partial charge in [0.05, 0.1) is 23.9 Å². The number of para-hydroxylation sites is 2. The minimum atomic E-state index is -0.991. The van der Waals surface area contributed by atoms with Gasteiger partial charge in [0.25, 0.3) is 0 Å². The van der Waals surface area contributed by atoms with Crippen LogP contribution in [0.3, 0.4) is 0 Å². The summed E-state index contributed by atoms with van der Waals surface area (Å²) in [7, 11) is 1.36. The number of carboxylic acids is 1. The first-order chi connectivity index (χ1) is 12.1. The number of nitrogens with zero attached hydrogens (tertiary/aromatic N) is 1. The number of carbonyl (C=O) groups excluding carboxylic acids is 1.